The molecular formula is C27H25F4N5O4. The summed E-state index contributed by atoms with van der Waals surface area (Å²) in [5.74, 6) is -0.559. The van der Waals surface area contributed by atoms with Crippen LogP contribution in [0.5, 0.6) is 11.6 Å². The molecule has 2 aromatic carbocycles. The normalized spacial score (nSPS) is 18.9. The average molecular weight is 560 g/mol. The fourth-order valence-corrected chi connectivity index (χ4v) is 5.16. The van der Waals surface area contributed by atoms with E-state index in [2.05, 4.69) is 20.2 Å². The summed E-state index contributed by atoms with van der Waals surface area (Å²) < 4.78 is 70.9. The van der Waals surface area contributed by atoms with Crippen molar-refractivity contribution in [3.8, 4) is 11.6 Å². The van der Waals surface area contributed by atoms with Crippen molar-refractivity contribution in [1.82, 2.24) is 14.9 Å². The Morgan fingerprint density at radius 2 is 2.02 bits per heavy atom. The van der Waals surface area contributed by atoms with Gasteiger partial charge in [-0.05, 0) is 42.3 Å². The molecule has 0 saturated carbocycles. The Kier molecular flexibility index (Phi) is 7.02. The van der Waals surface area contributed by atoms with Crippen LogP contribution in [0, 0.1) is 5.82 Å². The molecule has 1 saturated heterocycles. The van der Waals surface area contributed by atoms with E-state index in [0.717, 1.165) is 29.0 Å². The van der Waals surface area contributed by atoms with Crippen molar-refractivity contribution < 1.29 is 36.6 Å². The monoisotopic (exact) mass is 559 g/mol. The summed E-state index contributed by atoms with van der Waals surface area (Å²) in [5.41, 5.74) is 1.16. The van der Waals surface area contributed by atoms with Gasteiger partial charge in [-0.25, -0.2) is 19.2 Å². The smallest absolute Gasteiger partial charge is 0.419 e. The topological polar surface area (TPSA) is 89.1 Å². The standard InChI is InChI=1S/C27H25F4N5O4/c28-24-20(27(29,30)31)2-1-3-21(24)34-26(37)36-7-6-16-10-17(4-5-23(16)36)40-25-19-12-35(13-22(19)32-15-33-25)11-18-14-38-8-9-39-18/h1-5,10,15,18H,6-9,11-14H2,(H,34,37). The highest BCUT2D eigenvalue weighted by Gasteiger charge is 2.36. The molecule has 2 amide bonds. The third-order valence-electron chi connectivity index (χ3n) is 7.05. The van der Waals surface area contributed by atoms with Gasteiger partial charge in [0.1, 0.15) is 12.1 Å². The summed E-state index contributed by atoms with van der Waals surface area (Å²) in [6.45, 7) is 3.98. The SMILES string of the molecule is O=C(Nc1cccc(C(F)(F)F)c1F)N1CCc2cc(Oc3ncnc4c3CN(CC3COCCO3)C4)ccc21. The molecular weight excluding hydrogens is 534 g/mol. The largest absolute Gasteiger partial charge is 0.439 e. The predicted molar refractivity (Wildman–Crippen MR) is 135 cm³/mol. The molecule has 1 aromatic heterocycles. The number of hydrogen-bond acceptors (Lipinski definition) is 7. The number of benzene rings is 2. The maximum absolute atomic E-state index is 14.4. The maximum atomic E-state index is 14.4. The van der Waals surface area contributed by atoms with Crippen molar-refractivity contribution in [2.45, 2.75) is 31.8 Å². The molecule has 1 N–H and O–H groups in total. The first-order chi connectivity index (χ1) is 19.3. The summed E-state index contributed by atoms with van der Waals surface area (Å²) in [6, 6.07) is 7.20. The minimum absolute atomic E-state index is 0.00215. The molecule has 1 atom stereocenters. The van der Waals surface area contributed by atoms with Crippen molar-refractivity contribution >= 4 is 17.4 Å². The van der Waals surface area contributed by atoms with E-state index in [9.17, 15) is 22.4 Å². The first-order valence-corrected chi connectivity index (χ1v) is 12.8. The molecule has 0 radical (unpaired) electrons. The number of hydrogen-bond donors (Lipinski definition) is 1. The zero-order valence-electron chi connectivity index (χ0n) is 21.2. The lowest BCUT2D eigenvalue weighted by Gasteiger charge is -2.26. The first-order valence-electron chi connectivity index (χ1n) is 12.8. The van der Waals surface area contributed by atoms with Crippen LogP contribution in [0.15, 0.2) is 42.7 Å². The molecule has 9 nitrogen and oxygen atoms in total. The van der Waals surface area contributed by atoms with Crippen LogP contribution in [-0.4, -0.2) is 59.9 Å². The summed E-state index contributed by atoms with van der Waals surface area (Å²) in [7, 11) is 0. The molecule has 1 unspecified atom stereocenters. The maximum Gasteiger partial charge on any atom is 0.419 e. The van der Waals surface area contributed by atoms with Crippen molar-refractivity contribution in [3.63, 3.8) is 0 Å². The van der Waals surface area contributed by atoms with Gasteiger partial charge in [0.2, 0.25) is 5.88 Å². The lowest BCUT2D eigenvalue weighted by Crippen LogP contribution is -2.37. The van der Waals surface area contributed by atoms with Crippen molar-refractivity contribution in [2.24, 2.45) is 0 Å². The molecule has 3 aromatic rings. The number of fused-ring (bicyclic) bond motifs is 2. The molecule has 0 aliphatic carbocycles. The van der Waals surface area contributed by atoms with Gasteiger partial charge >= 0.3 is 12.2 Å². The van der Waals surface area contributed by atoms with E-state index in [-0.39, 0.29) is 12.6 Å². The summed E-state index contributed by atoms with van der Waals surface area (Å²) in [4.78, 5) is 25.2. The van der Waals surface area contributed by atoms with Crippen LogP contribution in [0.3, 0.4) is 0 Å². The quantitative estimate of drug-likeness (QED) is 0.452. The fraction of sp³-hybridized carbons (Fsp3) is 0.370. The van der Waals surface area contributed by atoms with Gasteiger partial charge in [-0.2, -0.15) is 13.2 Å². The Balaban J connectivity index is 1.13. The van der Waals surface area contributed by atoms with Crippen LogP contribution in [0.25, 0.3) is 0 Å². The Morgan fingerprint density at radius 1 is 1.15 bits per heavy atom. The third kappa shape index (κ3) is 5.31. The number of aromatic nitrogens is 2. The third-order valence-corrected chi connectivity index (χ3v) is 7.05. The number of nitrogens with one attached hydrogen (secondary N) is 1. The number of urea groups is 1. The number of rotatable bonds is 5. The van der Waals surface area contributed by atoms with Gasteiger partial charge < -0.3 is 19.5 Å². The Labute approximate surface area is 226 Å². The number of ether oxygens (including phenoxy) is 3. The van der Waals surface area contributed by atoms with E-state index < -0.39 is 29.3 Å². The van der Waals surface area contributed by atoms with Crippen LogP contribution in [0.4, 0.5) is 33.7 Å². The Hall–Kier alpha value is -3.81. The molecule has 3 aliphatic rings. The van der Waals surface area contributed by atoms with Crippen LogP contribution in [0.2, 0.25) is 0 Å². The van der Waals surface area contributed by atoms with E-state index in [1.165, 1.54) is 11.2 Å². The lowest BCUT2D eigenvalue weighted by atomic mass is 10.1. The van der Waals surface area contributed by atoms with Crippen LogP contribution >= 0.6 is 0 Å². The second-order valence-corrected chi connectivity index (χ2v) is 9.73. The van der Waals surface area contributed by atoms with Gasteiger partial charge in [-0.3, -0.25) is 9.80 Å². The van der Waals surface area contributed by atoms with E-state index in [1.54, 1.807) is 18.2 Å². The van der Waals surface area contributed by atoms with Crippen LogP contribution in [0.1, 0.15) is 22.4 Å². The Bertz CT molecular complexity index is 1430. The number of anilines is 2. The second-order valence-electron chi connectivity index (χ2n) is 9.73. The highest BCUT2D eigenvalue weighted by atomic mass is 19.4. The number of alkyl halides is 3. The minimum Gasteiger partial charge on any atom is -0.439 e. The van der Waals surface area contributed by atoms with E-state index >= 15 is 0 Å². The zero-order valence-corrected chi connectivity index (χ0v) is 21.2. The van der Waals surface area contributed by atoms with Crippen LogP contribution in [-0.2, 0) is 35.2 Å². The highest BCUT2D eigenvalue weighted by Crippen LogP contribution is 2.37. The van der Waals surface area contributed by atoms with Gasteiger partial charge in [0.25, 0.3) is 0 Å². The molecule has 0 spiro atoms. The van der Waals surface area contributed by atoms with E-state index in [1.807, 2.05) is 0 Å². The minimum atomic E-state index is -4.87. The average Bonchev–Trinajstić information content (AvgIpc) is 3.54. The number of halogens is 4. The van der Waals surface area contributed by atoms with Crippen LogP contribution < -0.4 is 15.0 Å². The lowest BCUT2D eigenvalue weighted by molar-refractivity contribution is -0.139. The van der Waals surface area contributed by atoms with Crippen molar-refractivity contribution in [3.05, 3.63) is 70.9 Å². The summed E-state index contributed by atoms with van der Waals surface area (Å²) in [5, 5.41) is 2.26. The van der Waals surface area contributed by atoms with E-state index in [0.29, 0.717) is 69.3 Å². The van der Waals surface area contributed by atoms with Gasteiger partial charge in [0.15, 0.2) is 5.82 Å². The number of carbonyl (C=O) groups excluding carboxylic acids is 1. The molecule has 40 heavy (non-hydrogen) atoms. The number of nitrogens with zero attached hydrogens (tertiary/aromatic N) is 4. The highest BCUT2D eigenvalue weighted by molar-refractivity contribution is 6.03. The van der Waals surface area contributed by atoms with Crippen molar-refractivity contribution in [2.75, 3.05) is 43.1 Å². The summed E-state index contributed by atoms with van der Waals surface area (Å²) >= 11 is 0. The fourth-order valence-electron chi connectivity index (χ4n) is 5.16. The molecule has 0 bridgehead atoms. The molecule has 3 aliphatic heterocycles. The van der Waals surface area contributed by atoms with Gasteiger partial charge in [0.05, 0.1) is 48.4 Å². The van der Waals surface area contributed by atoms with E-state index in [4.69, 9.17) is 14.2 Å². The molecule has 4 heterocycles. The summed E-state index contributed by atoms with van der Waals surface area (Å²) in [6.07, 6.45) is -2.92. The zero-order chi connectivity index (χ0) is 27.9. The van der Waals surface area contributed by atoms with Gasteiger partial charge in [0, 0.05) is 31.9 Å². The van der Waals surface area contributed by atoms with Crippen molar-refractivity contribution in [1.29, 1.82) is 0 Å². The number of amides is 2. The molecule has 6 rings (SSSR count). The molecule has 13 heteroatoms. The molecule has 210 valence electrons. The van der Waals surface area contributed by atoms with Gasteiger partial charge in [-0.15, -0.1) is 0 Å². The first kappa shape index (κ1) is 26.4. The predicted octanol–water partition coefficient (Wildman–Crippen LogP) is 4.75. The molecule has 1 fully saturated rings. The van der Waals surface area contributed by atoms with Gasteiger partial charge in [-0.1, -0.05) is 6.07 Å². The number of carbonyl (C=O) groups is 1. The Morgan fingerprint density at radius 3 is 2.83 bits per heavy atom. The second kappa shape index (κ2) is 10.6.